The monoisotopic (exact) mass is 569 g/mol. The van der Waals surface area contributed by atoms with Gasteiger partial charge < -0.3 is 10.2 Å². The number of hydrogen-bond acceptors (Lipinski definition) is 4. The maximum absolute atomic E-state index is 14.0. The molecule has 0 saturated carbocycles. The van der Waals surface area contributed by atoms with E-state index >= 15 is 0 Å². The average molecular weight is 570 g/mol. The normalized spacial score (nSPS) is 12.2. The molecule has 0 radical (unpaired) electrons. The van der Waals surface area contributed by atoms with Gasteiger partial charge in [0.15, 0.2) is 0 Å². The quantitative estimate of drug-likeness (QED) is 0.338. The molecular weight excluding hydrogens is 534 g/mol. The average Bonchev–Trinajstić information content (AvgIpc) is 2.90. The Morgan fingerprint density at radius 1 is 0.923 bits per heavy atom. The van der Waals surface area contributed by atoms with Gasteiger partial charge in [-0.3, -0.25) is 13.9 Å². The van der Waals surface area contributed by atoms with Crippen LogP contribution in [0, 0.1) is 12.8 Å². The Labute approximate surface area is 236 Å². The topological polar surface area (TPSA) is 86.8 Å². The van der Waals surface area contributed by atoms with Crippen molar-refractivity contribution < 1.29 is 18.0 Å². The van der Waals surface area contributed by atoms with Crippen LogP contribution in [0.25, 0.3) is 0 Å². The van der Waals surface area contributed by atoms with E-state index in [2.05, 4.69) is 5.32 Å². The first kappa shape index (κ1) is 30.2. The molecule has 3 aromatic carbocycles. The van der Waals surface area contributed by atoms with Crippen molar-refractivity contribution in [2.45, 2.75) is 39.8 Å². The molecule has 9 heteroatoms. The largest absolute Gasteiger partial charge is 0.354 e. The van der Waals surface area contributed by atoms with Crippen LogP contribution in [0.5, 0.6) is 0 Å². The van der Waals surface area contributed by atoms with E-state index < -0.39 is 28.5 Å². The van der Waals surface area contributed by atoms with Gasteiger partial charge in [-0.05, 0) is 41.7 Å². The summed E-state index contributed by atoms with van der Waals surface area (Å²) in [7, 11) is -3.85. The molecule has 0 unspecified atom stereocenters. The van der Waals surface area contributed by atoms with Gasteiger partial charge in [-0.2, -0.15) is 0 Å². The van der Waals surface area contributed by atoms with Gasteiger partial charge in [0.25, 0.3) is 0 Å². The molecule has 0 aliphatic carbocycles. The number of amides is 2. The van der Waals surface area contributed by atoms with Gasteiger partial charge in [0, 0.05) is 24.5 Å². The van der Waals surface area contributed by atoms with Crippen molar-refractivity contribution in [3.63, 3.8) is 0 Å². The van der Waals surface area contributed by atoms with E-state index in [1.165, 1.54) is 11.0 Å². The summed E-state index contributed by atoms with van der Waals surface area (Å²) in [6, 6.07) is 22.8. The molecule has 0 aliphatic heterocycles. The summed E-state index contributed by atoms with van der Waals surface area (Å²) in [5, 5.41) is 3.36. The van der Waals surface area contributed by atoms with E-state index in [1.807, 2.05) is 81.4 Å². The second-order valence-corrected chi connectivity index (χ2v) is 12.4. The van der Waals surface area contributed by atoms with Gasteiger partial charge in [0.1, 0.15) is 12.6 Å². The smallest absolute Gasteiger partial charge is 0.244 e. The lowest BCUT2D eigenvalue weighted by atomic mass is 10.0. The summed E-state index contributed by atoms with van der Waals surface area (Å²) < 4.78 is 26.7. The fraction of sp³-hybridized carbons (Fsp3) is 0.333. The fourth-order valence-electron chi connectivity index (χ4n) is 4.11. The Morgan fingerprint density at radius 3 is 2.05 bits per heavy atom. The maximum Gasteiger partial charge on any atom is 0.244 e. The summed E-state index contributed by atoms with van der Waals surface area (Å²) in [4.78, 5) is 29.1. The lowest BCUT2D eigenvalue weighted by Gasteiger charge is -2.33. The minimum atomic E-state index is -3.85. The van der Waals surface area contributed by atoms with E-state index in [0.717, 1.165) is 27.3 Å². The van der Waals surface area contributed by atoms with Crippen LogP contribution in [-0.4, -0.2) is 50.5 Å². The summed E-state index contributed by atoms with van der Waals surface area (Å²) in [6.07, 6.45) is 1.32. The summed E-state index contributed by atoms with van der Waals surface area (Å²) >= 11 is 6.29. The highest BCUT2D eigenvalue weighted by Crippen LogP contribution is 2.25. The van der Waals surface area contributed by atoms with Crippen LogP contribution in [0.1, 0.15) is 30.5 Å². The third kappa shape index (κ3) is 8.83. The van der Waals surface area contributed by atoms with Crippen LogP contribution in [0.2, 0.25) is 5.02 Å². The molecular formula is C30H36ClN3O4S. The number of benzene rings is 3. The number of hydrogen-bond donors (Lipinski definition) is 1. The molecule has 0 spiro atoms. The van der Waals surface area contributed by atoms with Crippen LogP contribution < -0.4 is 9.62 Å². The number of anilines is 1. The highest BCUT2D eigenvalue weighted by molar-refractivity contribution is 7.92. The van der Waals surface area contributed by atoms with Gasteiger partial charge in [-0.1, -0.05) is 92.2 Å². The SMILES string of the molecule is Cc1ccc(N(CC(=O)N(Cc2ccccc2)[C@@H](Cc2ccccc2)C(=O)NCC(C)C)S(C)(=O)=O)cc1Cl. The van der Waals surface area contributed by atoms with Crippen molar-refractivity contribution in [1.82, 2.24) is 10.2 Å². The Morgan fingerprint density at radius 2 is 1.51 bits per heavy atom. The third-order valence-corrected chi connectivity index (χ3v) is 7.82. The predicted octanol–water partition coefficient (Wildman–Crippen LogP) is 4.83. The molecule has 0 aromatic heterocycles. The van der Waals surface area contributed by atoms with Crippen molar-refractivity contribution in [2.75, 3.05) is 23.7 Å². The molecule has 39 heavy (non-hydrogen) atoms. The van der Waals surface area contributed by atoms with E-state index in [1.54, 1.807) is 12.1 Å². The number of carbonyl (C=O) groups is 2. The number of carbonyl (C=O) groups excluding carboxylic acids is 2. The van der Waals surface area contributed by atoms with Crippen LogP contribution in [-0.2, 0) is 32.6 Å². The van der Waals surface area contributed by atoms with Crippen LogP contribution in [0.4, 0.5) is 5.69 Å². The first-order chi connectivity index (χ1) is 18.5. The number of nitrogens with zero attached hydrogens (tertiary/aromatic N) is 2. The highest BCUT2D eigenvalue weighted by atomic mass is 35.5. The van der Waals surface area contributed by atoms with E-state index in [0.29, 0.717) is 11.6 Å². The number of halogens is 1. The molecule has 2 amide bonds. The Kier molecular flexibility index (Phi) is 10.5. The van der Waals surface area contributed by atoms with Crippen molar-refractivity contribution >= 4 is 39.1 Å². The molecule has 208 valence electrons. The van der Waals surface area contributed by atoms with Crippen LogP contribution >= 0.6 is 11.6 Å². The first-order valence-corrected chi connectivity index (χ1v) is 15.1. The van der Waals surface area contributed by atoms with E-state index in [9.17, 15) is 18.0 Å². The number of sulfonamides is 1. The minimum absolute atomic E-state index is 0.137. The molecule has 0 saturated heterocycles. The molecule has 1 atom stereocenters. The minimum Gasteiger partial charge on any atom is -0.354 e. The summed E-state index contributed by atoms with van der Waals surface area (Å²) in [5.41, 5.74) is 2.78. The van der Waals surface area contributed by atoms with Gasteiger partial charge in [-0.15, -0.1) is 0 Å². The summed E-state index contributed by atoms with van der Waals surface area (Å²) in [6.45, 7) is 5.92. The first-order valence-electron chi connectivity index (χ1n) is 12.8. The Hall–Kier alpha value is -3.36. The predicted molar refractivity (Wildman–Crippen MR) is 157 cm³/mol. The lowest BCUT2D eigenvalue weighted by Crippen LogP contribution is -2.53. The highest BCUT2D eigenvalue weighted by Gasteiger charge is 2.33. The fourth-order valence-corrected chi connectivity index (χ4v) is 5.12. The lowest BCUT2D eigenvalue weighted by molar-refractivity contribution is -0.140. The number of rotatable bonds is 12. The Bertz CT molecular complexity index is 1370. The summed E-state index contributed by atoms with van der Waals surface area (Å²) in [5.74, 6) is -0.570. The van der Waals surface area contributed by atoms with Gasteiger partial charge >= 0.3 is 0 Å². The maximum atomic E-state index is 14.0. The molecule has 3 rings (SSSR count). The molecule has 3 aromatic rings. The standard InChI is InChI=1S/C30H36ClN3O4S/c1-22(2)19-32-30(36)28(17-24-11-7-5-8-12-24)33(20-25-13-9-6-10-14-25)29(35)21-34(39(4,37)38)26-16-15-23(3)27(31)18-26/h5-16,18,22,28H,17,19-21H2,1-4H3,(H,32,36)/t28-/m0/s1. The van der Waals surface area contributed by atoms with Gasteiger partial charge in [0.05, 0.1) is 11.9 Å². The van der Waals surface area contributed by atoms with E-state index in [-0.39, 0.29) is 30.5 Å². The molecule has 0 heterocycles. The zero-order valence-electron chi connectivity index (χ0n) is 22.8. The van der Waals surface area contributed by atoms with Gasteiger partial charge in [0.2, 0.25) is 21.8 Å². The molecule has 0 bridgehead atoms. The second-order valence-electron chi connectivity index (χ2n) is 10.1. The van der Waals surface area contributed by atoms with Crippen molar-refractivity contribution in [3.05, 3.63) is 101 Å². The van der Waals surface area contributed by atoms with Crippen LogP contribution in [0.3, 0.4) is 0 Å². The third-order valence-electron chi connectivity index (χ3n) is 6.27. The zero-order chi connectivity index (χ0) is 28.6. The van der Waals surface area contributed by atoms with Crippen LogP contribution in [0.15, 0.2) is 78.9 Å². The molecule has 1 N–H and O–H groups in total. The van der Waals surface area contributed by atoms with E-state index in [4.69, 9.17) is 11.6 Å². The molecule has 7 nitrogen and oxygen atoms in total. The molecule has 0 aliphatic rings. The zero-order valence-corrected chi connectivity index (χ0v) is 24.4. The van der Waals surface area contributed by atoms with Gasteiger partial charge in [-0.25, -0.2) is 8.42 Å². The Balaban J connectivity index is 2.03. The van der Waals surface area contributed by atoms with Crippen molar-refractivity contribution in [2.24, 2.45) is 5.92 Å². The van der Waals surface area contributed by atoms with Crippen molar-refractivity contribution in [1.29, 1.82) is 0 Å². The second kappa shape index (κ2) is 13.6. The number of nitrogens with one attached hydrogen (secondary N) is 1. The number of aryl methyl sites for hydroxylation is 1. The molecule has 0 fully saturated rings. The van der Waals surface area contributed by atoms with Crippen molar-refractivity contribution in [3.8, 4) is 0 Å².